The Morgan fingerprint density at radius 2 is 0.815 bits per heavy atom. The fourth-order valence-corrected chi connectivity index (χ4v) is 8.20. The van der Waals surface area contributed by atoms with Crippen LogP contribution in [0.4, 0.5) is 17.1 Å². The molecule has 0 unspecified atom stereocenters. The summed E-state index contributed by atoms with van der Waals surface area (Å²) < 4.78 is 2.44. The summed E-state index contributed by atoms with van der Waals surface area (Å²) in [5, 5.41) is 4.83. The summed E-state index contributed by atoms with van der Waals surface area (Å²) in [5.41, 5.74) is 14.0. The van der Waals surface area contributed by atoms with E-state index < -0.39 is 0 Å². The van der Waals surface area contributed by atoms with Crippen molar-refractivity contribution in [1.82, 2.24) is 4.57 Å². The van der Waals surface area contributed by atoms with Crippen molar-refractivity contribution in [2.24, 2.45) is 0 Å². The Hall–Kier alpha value is -7.16. The van der Waals surface area contributed by atoms with Gasteiger partial charge in [-0.25, -0.2) is 0 Å². The van der Waals surface area contributed by atoms with Crippen molar-refractivity contribution in [3.8, 4) is 39.1 Å². The summed E-state index contributed by atoms with van der Waals surface area (Å²) in [6.45, 7) is 0. The maximum Gasteiger partial charge on any atom is 0.0562 e. The molecule has 0 radical (unpaired) electrons. The number of fused-ring (bicyclic) bond motifs is 4. The first-order chi connectivity index (χ1) is 26.8. The van der Waals surface area contributed by atoms with Gasteiger partial charge in [0.15, 0.2) is 0 Å². The second-order valence-corrected chi connectivity index (χ2v) is 13.7. The molecule has 0 N–H and O–H groups in total. The van der Waals surface area contributed by atoms with Crippen LogP contribution in [0.2, 0.25) is 0 Å². The summed E-state index contributed by atoms with van der Waals surface area (Å²) in [7, 11) is 0. The molecule has 0 atom stereocenters. The highest BCUT2D eigenvalue weighted by Gasteiger charge is 2.24. The minimum absolute atomic E-state index is 1.13. The predicted molar refractivity (Wildman–Crippen MR) is 229 cm³/mol. The molecule has 10 aromatic rings. The fraction of sp³-hybridized carbons (Fsp3) is 0. The van der Waals surface area contributed by atoms with E-state index in [1.165, 1.54) is 60.4 Å². The first kappa shape index (κ1) is 31.6. The van der Waals surface area contributed by atoms with Crippen LogP contribution in [0.15, 0.2) is 218 Å². The Kier molecular flexibility index (Phi) is 7.85. The summed E-state index contributed by atoms with van der Waals surface area (Å²) in [6.07, 6.45) is 0. The van der Waals surface area contributed by atoms with Gasteiger partial charge in [-0.15, -0.1) is 0 Å². The summed E-state index contributed by atoms with van der Waals surface area (Å²) in [6, 6.07) is 78.9. The smallest absolute Gasteiger partial charge is 0.0562 e. The third-order valence-electron chi connectivity index (χ3n) is 10.6. The van der Waals surface area contributed by atoms with Crippen molar-refractivity contribution in [2.75, 3.05) is 4.90 Å². The molecule has 1 heterocycles. The molecular weight excluding hydrogens is 653 g/mol. The monoisotopic (exact) mass is 688 g/mol. The molecule has 1 aromatic heterocycles. The van der Waals surface area contributed by atoms with Crippen LogP contribution in [0.25, 0.3) is 71.6 Å². The van der Waals surface area contributed by atoms with Crippen LogP contribution < -0.4 is 4.90 Å². The topological polar surface area (TPSA) is 8.17 Å². The van der Waals surface area contributed by atoms with Gasteiger partial charge in [-0.05, 0) is 75.7 Å². The zero-order chi connectivity index (χ0) is 35.8. The second kappa shape index (κ2) is 13.4. The van der Waals surface area contributed by atoms with E-state index in [0.29, 0.717) is 0 Å². The van der Waals surface area contributed by atoms with E-state index in [2.05, 4.69) is 228 Å². The highest BCUT2D eigenvalue weighted by atomic mass is 15.2. The van der Waals surface area contributed by atoms with Gasteiger partial charge in [-0.3, -0.25) is 0 Å². The van der Waals surface area contributed by atoms with Gasteiger partial charge in [-0.2, -0.15) is 0 Å². The highest BCUT2D eigenvalue weighted by molar-refractivity contribution is 6.18. The van der Waals surface area contributed by atoms with Crippen molar-refractivity contribution in [3.05, 3.63) is 218 Å². The molecule has 0 bridgehead atoms. The predicted octanol–water partition coefficient (Wildman–Crippen LogP) is 14.4. The second-order valence-electron chi connectivity index (χ2n) is 13.7. The molecule has 54 heavy (non-hydrogen) atoms. The van der Waals surface area contributed by atoms with Crippen molar-refractivity contribution < 1.29 is 0 Å². The van der Waals surface area contributed by atoms with Gasteiger partial charge in [0.2, 0.25) is 0 Å². The van der Waals surface area contributed by atoms with E-state index in [1.54, 1.807) is 0 Å². The molecular formula is C52H36N2. The molecule has 254 valence electrons. The van der Waals surface area contributed by atoms with Crippen molar-refractivity contribution in [1.29, 1.82) is 0 Å². The number of hydrogen-bond donors (Lipinski definition) is 0. The quantitative estimate of drug-likeness (QED) is 0.162. The van der Waals surface area contributed by atoms with E-state index in [0.717, 1.165) is 28.3 Å². The average Bonchev–Trinajstić information content (AvgIpc) is 3.60. The van der Waals surface area contributed by atoms with Crippen molar-refractivity contribution in [2.45, 2.75) is 0 Å². The molecule has 0 saturated heterocycles. The molecule has 0 aliphatic carbocycles. The lowest BCUT2D eigenvalue weighted by Crippen LogP contribution is -2.12. The molecule has 0 spiro atoms. The number of benzene rings is 9. The Balaban J connectivity index is 1.24. The first-order valence-electron chi connectivity index (χ1n) is 18.5. The molecule has 9 aromatic carbocycles. The van der Waals surface area contributed by atoms with Crippen LogP contribution in [0.3, 0.4) is 0 Å². The number of hydrogen-bond acceptors (Lipinski definition) is 1. The van der Waals surface area contributed by atoms with E-state index in [4.69, 9.17) is 0 Å². The van der Waals surface area contributed by atoms with E-state index in [9.17, 15) is 0 Å². The maximum atomic E-state index is 2.48. The number of para-hydroxylation sites is 2. The van der Waals surface area contributed by atoms with Crippen LogP contribution >= 0.6 is 0 Å². The highest BCUT2D eigenvalue weighted by Crippen LogP contribution is 2.48. The molecule has 0 aliphatic rings. The Morgan fingerprint density at radius 3 is 1.61 bits per heavy atom. The minimum Gasteiger partial charge on any atom is -0.309 e. The van der Waals surface area contributed by atoms with Gasteiger partial charge in [0.05, 0.1) is 28.1 Å². The third-order valence-corrected chi connectivity index (χ3v) is 10.6. The Morgan fingerprint density at radius 1 is 0.315 bits per heavy atom. The Bertz CT molecular complexity index is 2930. The molecule has 2 heteroatoms. The van der Waals surface area contributed by atoms with Crippen LogP contribution in [0, 0.1) is 0 Å². The molecule has 0 fully saturated rings. The summed E-state index contributed by atoms with van der Waals surface area (Å²) in [5.74, 6) is 0. The number of anilines is 3. The average molecular weight is 689 g/mol. The van der Waals surface area contributed by atoms with Crippen LogP contribution in [-0.4, -0.2) is 4.57 Å². The lowest BCUT2D eigenvalue weighted by molar-refractivity contribution is 1.18. The van der Waals surface area contributed by atoms with Gasteiger partial charge in [0.1, 0.15) is 0 Å². The van der Waals surface area contributed by atoms with Crippen LogP contribution in [0.5, 0.6) is 0 Å². The Labute approximate surface area is 315 Å². The zero-order valence-corrected chi connectivity index (χ0v) is 29.7. The molecule has 0 amide bonds. The fourth-order valence-electron chi connectivity index (χ4n) is 8.20. The third kappa shape index (κ3) is 5.36. The largest absolute Gasteiger partial charge is 0.309 e. The first-order valence-corrected chi connectivity index (χ1v) is 18.5. The summed E-state index contributed by atoms with van der Waals surface area (Å²) in [4.78, 5) is 2.48. The lowest BCUT2D eigenvalue weighted by Gasteiger charge is -2.30. The van der Waals surface area contributed by atoms with Gasteiger partial charge in [-0.1, -0.05) is 176 Å². The lowest BCUT2D eigenvalue weighted by atomic mass is 9.94. The van der Waals surface area contributed by atoms with Gasteiger partial charge in [0, 0.05) is 27.4 Å². The minimum atomic E-state index is 1.13. The van der Waals surface area contributed by atoms with E-state index in [1.807, 2.05) is 0 Å². The molecule has 10 rings (SSSR count). The van der Waals surface area contributed by atoms with Gasteiger partial charge < -0.3 is 9.47 Å². The normalized spacial score (nSPS) is 11.3. The zero-order valence-electron chi connectivity index (χ0n) is 29.7. The molecule has 0 saturated carbocycles. The standard InChI is InChI=1S/C52H36N2/c1-3-18-37(19-4-1)42-26-9-10-27-43(42)40-24-15-25-41(36-40)53-49-32-14-12-30-46(49)52-50(53)34-17-35-51(52)54(48-33-16-23-39-22-7-8-28-45(39)48)47-31-13-11-29-44(47)38-20-5-2-6-21-38/h1-36H. The van der Waals surface area contributed by atoms with Crippen molar-refractivity contribution >= 4 is 49.6 Å². The molecule has 2 nitrogen and oxygen atoms in total. The van der Waals surface area contributed by atoms with E-state index >= 15 is 0 Å². The number of aromatic nitrogens is 1. The van der Waals surface area contributed by atoms with Crippen LogP contribution in [0.1, 0.15) is 0 Å². The van der Waals surface area contributed by atoms with E-state index in [-0.39, 0.29) is 0 Å². The van der Waals surface area contributed by atoms with Crippen LogP contribution in [-0.2, 0) is 0 Å². The number of nitrogens with zero attached hydrogens (tertiary/aromatic N) is 2. The van der Waals surface area contributed by atoms with Gasteiger partial charge >= 0.3 is 0 Å². The van der Waals surface area contributed by atoms with Crippen molar-refractivity contribution in [3.63, 3.8) is 0 Å². The molecule has 0 aliphatic heterocycles. The summed E-state index contributed by atoms with van der Waals surface area (Å²) >= 11 is 0. The van der Waals surface area contributed by atoms with Gasteiger partial charge in [0.25, 0.3) is 0 Å². The SMILES string of the molecule is c1ccc(-c2ccccc2-c2cccc(-n3c4ccccc4c4c(N(c5ccccc5-c5ccccc5)c5cccc6ccccc56)cccc43)c2)cc1. The maximum absolute atomic E-state index is 2.48. The number of rotatable bonds is 7.